The van der Waals surface area contributed by atoms with E-state index in [0.29, 0.717) is 12.2 Å². The highest BCUT2D eigenvalue weighted by atomic mass is 16.5. The molecule has 0 fully saturated rings. The summed E-state index contributed by atoms with van der Waals surface area (Å²) in [4.78, 5) is 13.2. The van der Waals surface area contributed by atoms with E-state index in [9.17, 15) is 4.79 Å². The van der Waals surface area contributed by atoms with Crippen molar-refractivity contribution >= 4 is 11.5 Å². The number of ether oxygens (including phenoxy) is 2. The fraction of sp³-hybridized carbons (Fsp3) is 0.121. The van der Waals surface area contributed by atoms with Gasteiger partial charge in [0.15, 0.2) is 5.78 Å². The summed E-state index contributed by atoms with van der Waals surface area (Å²) in [6.07, 6.45) is 3.57. The van der Waals surface area contributed by atoms with Gasteiger partial charge in [-0.2, -0.15) is 0 Å². The van der Waals surface area contributed by atoms with E-state index in [4.69, 9.17) is 9.47 Å². The molecule has 0 spiro atoms. The summed E-state index contributed by atoms with van der Waals surface area (Å²) in [5.41, 5.74) is 6.00. The van der Waals surface area contributed by atoms with Crippen molar-refractivity contribution in [2.75, 3.05) is 6.61 Å². The van der Waals surface area contributed by atoms with Gasteiger partial charge in [-0.15, -0.1) is 0 Å². The van der Waals surface area contributed by atoms with Crippen molar-refractivity contribution in [2.45, 2.75) is 19.8 Å². The third-order valence-corrected chi connectivity index (χ3v) is 6.41. The van der Waals surface area contributed by atoms with Crippen LogP contribution in [0.25, 0.3) is 5.76 Å². The Morgan fingerprint density at radius 3 is 2.22 bits per heavy atom. The number of para-hydroxylation sites is 1. The van der Waals surface area contributed by atoms with Crippen molar-refractivity contribution in [3.63, 3.8) is 0 Å². The molecular weight excluding hydrogens is 444 g/mol. The van der Waals surface area contributed by atoms with Crippen molar-refractivity contribution in [1.29, 1.82) is 0 Å². The van der Waals surface area contributed by atoms with E-state index >= 15 is 0 Å². The van der Waals surface area contributed by atoms with Gasteiger partial charge in [0.1, 0.15) is 17.3 Å². The van der Waals surface area contributed by atoms with Crippen molar-refractivity contribution < 1.29 is 14.3 Å². The zero-order valence-corrected chi connectivity index (χ0v) is 20.5. The second kappa shape index (κ2) is 10.5. The summed E-state index contributed by atoms with van der Waals surface area (Å²) in [6, 6.07) is 33.9. The number of allylic oxidation sites excluding steroid dienone is 3. The first kappa shape index (κ1) is 23.4. The van der Waals surface area contributed by atoms with Gasteiger partial charge >= 0.3 is 0 Å². The van der Waals surface area contributed by atoms with Crippen LogP contribution in [-0.2, 0) is 0 Å². The number of carbonyl (C=O) groups is 1. The SMILES string of the molecule is CCOc1ccc(C(=O)/C=C/C2=C(c3ccccc3)Oc3ccccc3[C@H]2c2ccccc2C)cc1. The van der Waals surface area contributed by atoms with E-state index < -0.39 is 0 Å². The number of aryl methyl sites for hydroxylation is 1. The molecular formula is C33H28O3. The lowest BCUT2D eigenvalue weighted by Crippen LogP contribution is -2.16. The lowest BCUT2D eigenvalue weighted by atomic mass is 9.79. The zero-order chi connectivity index (χ0) is 24.9. The van der Waals surface area contributed by atoms with Crippen LogP contribution >= 0.6 is 0 Å². The molecule has 1 atom stereocenters. The first-order valence-corrected chi connectivity index (χ1v) is 12.2. The molecule has 0 aliphatic carbocycles. The van der Waals surface area contributed by atoms with Gasteiger partial charge in [-0.3, -0.25) is 4.79 Å². The van der Waals surface area contributed by atoms with Gasteiger partial charge < -0.3 is 9.47 Å². The van der Waals surface area contributed by atoms with Crippen LogP contribution in [0.5, 0.6) is 11.5 Å². The Morgan fingerprint density at radius 2 is 1.50 bits per heavy atom. The molecule has 3 nitrogen and oxygen atoms in total. The lowest BCUT2D eigenvalue weighted by molar-refractivity contribution is 0.104. The van der Waals surface area contributed by atoms with Gasteiger partial charge in [0, 0.05) is 28.2 Å². The van der Waals surface area contributed by atoms with Crippen LogP contribution in [0.1, 0.15) is 45.5 Å². The normalized spacial score (nSPS) is 14.9. The summed E-state index contributed by atoms with van der Waals surface area (Å²) < 4.78 is 12.0. The summed E-state index contributed by atoms with van der Waals surface area (Å²) in [7, 11) is 0. The molecule has 0 aromatic heterocycles. The predicted octanol–water partition coefficient (Wildman–Crippen LogP) is 7.77. The van der Waals surface area contributed by atoms with Gasteiger partial charge in [-0.05, 0) is 61.4 Å². The number of benzene rings is 4. The third kappa shape index (κ3) is 4.73. The first-order valence-electron chi connectivity index (χ1n) is 12.2. The highest BCUT2D eigenvalue weighted by Gasteiger charge is 2.31. The highest BCUT2D eigenvalue weighted by molar-refractivity contribution is 6.05. The number of carbonyl (C=O) groups excluding carboxylic acids is 1. The maximum absolute atomic E-state index is 13.2. The molecule has 1 aliphatic rings. The molecule has 4 aromatic rings. The van der Waals surface area contributed by atoms with E-state index in [1.165, 1.54) is 11.1 Å². The van der Waals surface area contributed by atoms with Crippen molar-refractivity contribution in [3.05, 3.63) is 149 Å². The summed E-state index contributed by atoms with van der Waals surface area (Å²) in [6.45, 7) is 4.66. The fourth-order valence-electron chi connectivity index (χ4n) is 4.66. The largest absolute Gasteiger partial charge is 0.494 e. The molecule has 5 rings (SSSR count). The number of ketones is 1. The zero-order valence-electron chi connectivity index (χ0n) is 20.5. The van der Waals surface area contributed by atoms with Crippen LogP contribution in [0, 0.1) is 6.92 Å². The smallest absolute Gasteiger partial charge is 0.185 e. The highest BCUT2D eigenvalue weighted by Crippen LogP contribution is 2.46. The third-order valence-electron chi connectivity index (χ3n) is 6.41. The van der Waals surface area contributed by atoms with Crippen LogP contribution < -0.4 is 9.47 Å². The molecule has 178 valence electrons. The maximum atomic E-state index is 13.2. The van der Waals surface area contributed by atoms with Crippen LogP contribution in [0.2, 0.25) is 0 Å². The average molecular weight is 473 g/mol. The minimum atomic E-state index is -0.0734. The lowest BCUT2D eigenvalue weighted by Gasteiger charge is -2.31. The Hall–Kier alpha value is -4.37. The van der Waals surface area contributed by atoms with Crippen molar-refractivity contribution in [2.24, 2.45) is 0 Å². The molecule has 1 heterocycles. The minimum absolute atomic E-state index is 0.0691. The molecule has 3 heteroatoms. The quantitative estimate of drug-likeness (QED) is 0.204. The molecule has 0 unspecified atom stereocenters. The van der Waals surface area contributed by atoms with E-state index in [1.54, 1.807) is 18.2 Å². The van der Waals surface area contributed by atoms with E-state index in [1.807, 2.05) is 73.7 Å². The predicted molar refractivity (Wildman–Crippen MR) is 145 cm³/mol. The number of hydrogen-bond donors (Lipinski definition) is 0. The average Bonchev–Trinajstić information content (AvgIpc) is 2.92. The van der Waals surface area contributed by atoms with Gasteiger partial charge in [-0.1, -0.05) is 78.9 Å². The minimum Gasteiger partial charge on any atom is -0.494 e. The molecule has 0 radical (unpaired) electrons. The second-order valence-electron chi connectivity index (χ2n) is 8.73. The topological polar surface area (TPSA) is 35.5 Å². The Morgan fingerprint density at radius 1 is 0.833 bits per heavy atom. The summed E-state index contributed by atoms with van der Waals surface area (Å²) in [5, 5.41) is 0. The molecule has 0 N–H and O–H groups in total. The van der Waals surface area contributed by atoms with Crippen LogP contribution in [0.15, 0.2) is 121 Å². The molecule has 0 saturated carbocycles. The van der Waals surface area contributed by atoms with Crippen LogP contribution in [-0.4, -0.2) is 12.4 Å². The molecule has 4 aromatic carbocycles. The van der Waals surface area contributed by atoms with Crippen LogP contribution in [0.4, 0.5) is 0 Å². The van der Waals surface area contributed by atoms with E-state index in [0.717, 1.165) is 34.0 Å². The monoisotopic (exact) mass is 472 g/mol. The van der Waals surface area contributed by atoms with Gasteiger partial charge in [0.05, 0.1) is 6.61 Å². The standard InChI is InChI=1S/C33H28O3/c1-3-35-26-19-17-24(18-20-26)30(34)22-21-29-32(27-14-8-7-11-23(27)2)28-15-9-10-16-31(28)36-33(29)25-12-5-4-6-13-25/h4-22,32H,3H2,1-2H3/b22-21+/t32-/m1/s1. The Labute approximate surface area is 212 Å². The van der Waals surface area contributed by atoms with E-state index in [-0.39, 0.29) is 11.7 Å². The Bertz CT molecular complexity index is 1430. The van der Waals surface area contributed by atoms with Gasteiger partial charge in [0.25, 0.3) is 0 Å². The summed E-state index contributed by atoms with van der Waals surface area (Å²) >= 11 is 0. The Balaban J connectivity index is 1.63. The first-order chi connectivity index (χ1) is 17.7. The Kier molecular flexibility index (Phi) is 6.81. The van der Waals surface area contributed by atoms with Crippen LogP contribution in [0.3, 0.4) is 0 Å². The molecule has 0 bridgehead atoms. The number of rotatable bonds is 7. The molecule has 0 saturated heterocycles. The summed E-state index contributed by atoms with van der Waals surface area (Å²) in [5.74, 6) is 2.21. The second-order valence-corrected chi connectivity index (χ2v) is 8.73. The van der Waals surface area contributed by atoms with E-state index in [2.05, 4.69) is 37.3 Å². The molecule has 36 heavy (non-hydrogen) atoms. The number of hydrogen-bond acceptors (Lipinski definition) is 3. The van der Waals surface area contributed by atoms with Crippen molar-refractivity contribution in [3.8, 4) is 11.5 Å². The molecule has 0 amide bonds. The number of fused-ring (bicyclic) bond motifs is 1. The van der Waals surface area contributed by atoms with Gasteiger partial charge in [-0.25, -0.2) is 0 Å². The maximum Gasteiger partial charge on any atom is 0.185 e. The van der Waals surface area contributed by atoms with Gasteiger partial charge in [0.2, 0.25) is 0 Å². The van der Waals surface area contributed by atoms with Crippen molar-refractivity contribution in [1.82, 2.24) is 0 Å². The fourth-order valence-corrected chi connectivity index (χ4v) is 4.66. The molecule has 1 aliphatic heterocycles.